The van der Waals surface area contributed by atoms with Gasteiger partial charge < -0.3 is 9.72 Å². The Hall–Kier alpha value is -3.39. The second-order valence-electron chi connectivity index (χ2n) is 10.7. The summed E-state index contributed by atoms with van der Waals surface area (Å²) in [4.78, 5) is 23.2. The Kier molecular flexibility index (Phi) is 8.27. The van der Waals surface area contributed by atoms with Gasteiger partial charge in [-0.3, -0.25) is 14.9 Å². The molecule has 5 rings (SSSR count). The summed E-state index contributed by atoms with van der Waals surface area (Å²) in [6.45, 7) is 9.92. The molecular weight excluding hydrogens is 476 g/mol. The number of benzene rings is 1. The molecule has 1 fully saturated rings. The fourth-order valence-electron chi connectivity index (χ4n) is 5.60. The Morgan fingerprint density at radius 1 is 1.21 bits per heavy atom. The number of anilines is 1. The molecule has 2 N–H and O–H groups in total. The molecule has 202 valence electrons. The summed E-state index contributed by atoms with van der Waals surface area (Å²) in [6.07, 6.45) is 8.71. The number of aromatic nitrogens is 4. The number of hydrogen-bond donors (Lipinski definition) is 2. The summed E-state index contributed by atoms with van der Waals surface area (Å²) < 4.78 is 7.77. The number of carbonyl (C=O) groups excluding carboxylic acids is 1. The van der Waals surface area contributed by atoms with Crippen molar-refractivity contribution in [2.24, 2.45) is 11.8 Å². The van der Waals surface area contributed by atoms with Crippen LogP contribution in [0.2, 0.25) is 0 Å². The van der Waals surface area contributed by atoms with Crippen LogP contribution in [0.25, 0.3) is 21.9 Å². The van der Waals surface area contributed by atoms with Crippen molar-refractivity contribution < 1.29 is 9.53 Å². The molecule has 3 atom stereocenters. The lowest BCUT2D eigenvalue weighted by molar-refractivity contribution is 0.122. The first kappa shape index (κ1) is 26.2. The van der Waals surface area contributed by atoms with Crippen LogP contribution in [0.4, 0.5) is 10.6 Å². The summed E-state index contributed by atoms with van der Waals surface area (Å²) in [5, 5.41) is 9.78. The van der Waals surface area contributed by atoms with E-state index in [0.29, 0.717) is 24.3 Å². The summed E-state index contributed by atoms with van der Waals surface area (Å²) in [5.41, 5.74) is 3.14. The van der Waals surface area contributed by atoms with Gasteiger partial charge in [-0.25, -0.2) is 9.78 Å². The van der Waals surface area contributed by atoms with Crippen LogP contribution in [0.3, 0.4) is 0 Å². The third-order valence-electron chi connectivity index (χ3n) is 8.03. The third-order valence-corrected chi connectivity index (χ3v) is 8.03. The second kappa shape index (κ2) is 12.0. The number of nitrogens with one attached hydrogen (secondary N) is 2. The van der Waals surface area contributed by atoms with Crippen molar-refractivity contribution in [1.29, 1.82) is 0 Å². The normalized spacial score (nSPS) is 19.1. The second-order valence-corrected chi connectivity index (χ2v) is 10.7. The van der Waals surface area contributed by atoms with E-state index >= 15 is 0 Å². The van der Waals surface area contributed by atoms with Crippen molar-refractivity contribution >= 4 is 33.8 Å². The molecule has 1 aliphatic heterocycles. The first-order chi connectivity index (χ1) is 18.6. The number of piperidine rings is 1. The molecule has 8 heteroatoms. The first-order valence-corrected chi connectivity index (χ1v) is 14.1. The van der Waals surface area contributed by atoms with E-state index in [9.17, 15) is 4.79 Å². The van der Waals surface area contributed by atoms with Gasteiger partial charge in [0.2, 0.25) is 0 Å². The van der Waals surface area contributed by atoms with Crippen LogP contribution < -0.4 is 5.32 Å². The van der Waals surface area contributed by atoms with E-state index in [-0.39, 0.29) is 6.04 Å². The Morgan fingerprint density at radius 3 is 2.84 bits per heavy atom. The standard InChI is InChI=1S/C30H40N6O2/c1-4-6-10-22(5-2)20-38-30(37)33-29-25-17-32-28-24(13-15-31-28)27(25)36(34-29)26-19-35(16-14-21(26)3)18-23-11-8-7-9-12-23/h7-9,11-13,15,17,21-22,26H,4-6,10,14,16,18-20H2,1-3H3,(H,31,32)(H,33,34,37)/t21-,22?,26+/m1/s1. The zero-order valence-electron chi connectivity index (χ0n) is 22.8. The lowest BCUT2D eigenvalue weighted by atomic mass is 9.93. The first-order valence-electron chi connectivity index (χ1n) is 14.1. The molecule has 1 amide bonds. The molecule has 0 radical (unpaired) electrons. The summed E-state index contributed by atoms with van der Waals surface area (Å²) >= 11 is 0. The van der Waals surface area contributed by atoms with Crippen molar-refractivity contribution in [3.05, 3.63) is 54.4 Å². The van der Waals surface area contributed by atoms with Crippen LogP contribution in [0.15, 0.2) is 48.8 Å². The van der Waals surface area contributed by atoms with Crippen molar-refractivity contribution in [3.8, 4) is 0 Å². The lowest BCUT2D eigenvalue weighted by Crippen LogP contribution is -2.40. The fourth-order valence-corrected chi connectivity index (χ4v) is 5.60. The minimum atomic E-state index is -0.455. The predicted molar refractivity (Wildman–Crippen MR) is 152 cm³/mol. The molecule has 4 aromatic rings. The quantitative estimate of drug-likeness (QED) is 0.243. The molecule has 1 aliphatic rings. The minimum Gasteiger partial charge on any atom is -0.449 e. The largest absolute Gasteiger partial charge is 0.449 e. The number of nitrogens with zero attached hydrogens (tertiary/aromatic N) is 4. The molecule has 8 nitrogen and oxygen atoms in total. The van der Waals surface area contributed by atoms with Gasteiger partial charge in [0.05, 0.1) is 23.6 Å². The van der Waals surface area contributed by atoms with Gasteiger partial charge in [-0.15, -0.1) is 0 Å². The van der Waals surface area contributed by atoms with Crippen molar-refractivity contribution in [2.45, 2.75) is 65.5 Å². The molecule has 0 aliphatic carbocycles. The average molecular weight is 517 g/mol. The molecule has 0 spiro atoms. The zero-order chi connectivity index (χ0) is 26.5. The Morgan fingerprint density at radius 2 is 2.05 bits per heavy atom. The van der Waals surface area contributed by atoms with Gasteiger partial charge in [-0.1, -0.05) is 70.4 Å². The Balaban J connectivity index is 1.41. The number of unbranched alkanes of at least 4 members (excludes halogenated alkanes) is 1. The molecule has 1 aromatic carbocycles. The van der Waals surface area contributed by atoms with Gasteiger partial charge in [-0.2, -0.15) is 5.10 Å². The number of amides is 1. The SMILES string of the molecule is CCCCC(CC)COC(=O)Nc1nn([C@H]2CN(Cc3ccccc3)CC[C@H]2C)c2c1cnc1[nH]ccc12. The number of H-pyrrole nitrogens is 1. The van der Waals surface area contributed by atoms with Crippen molar-refractivity contribution in [1.82, 2.24) is 24.6 Å². The smallest absolute Gasteiger partial charge is 0.412 e. The molecule has 0 saturated carbocycles. The maximum Gasteiger partial charge on any atom is 0.412 e. The van der Waals surface area contributed by atoms with Crippen LogP contribution in [0, 0.1) is 11.8 Å². The molecule has 3 aromatic heterocycles. The zero-order valence-corrected chi connectivity index (χ0v) is 22.8. The van der Waals surface area contributed by atoms with Gasteiger partial charge in [0.15, 0.2) is 5.82 Å². The van der Waals surface area contributed by atoms with Gasteiger partial charge in [0.1, 0.15) is 5.65 Å². The lowest BCUT2D eigenvalue weighted by Gasteiger charge is -2.37. The monoisotopic (exact) mass is 516 g/mol. The van der Waals surface area contributed by atoms with Gasteiger partial charge >= 0.3 is 6.09 Å². The highest BCUT2D eigenvalue weighted by Crippen LogP contribution is 2.36. The predicted octanol–water partition coefficient (Wildman–Crippen LogP) is 6.76. The van der Waals surface area contributed by atoms with Crippen LogP contribution in [0.5, 0.6) is 0 Å². The van der Waals surface area contributed by atoms with E-state index in [4.69, 9.17) is 9.84 Å². The summed E-state index contributed by atoms with van der Waals surface area (Å²) in [6, 6.07) is 12.8. The van der Waals surface area contributed by atoms with E-state index in [1.165, 1.54) is 5.56 Å². The molecule has 4 heterocycles. The van der Waals surface area contributed by atoms with Gasteiger partial charge in [0.25, 0.3) is 0 Å². The number of fused-ring (bicyclic) bond motifs is 3. The number of carbonyl (C=O) groups is 1. The van der Waals surface area contributed by atoms with E-state index in [1.54, 1.807) is 6.20 Å². The molecular formula is C30H40N6O2. The highest BCUT2D eigenvalue weighted by atomic mass is 16.5. The number of pyridine rings is 1. The maximum absolute atomic E-state index is 12.9. The van der Waals surface area contributed by atoms with Gasteiger partial charge in [-0.05, 0) is 42.9 Å². The number of rotatable bonds is 10. The Bertz CT molecular complexity index is 1350. The molecule has 1 saturated heterocycles. The number of likely N-dealkylation sites (tertiary alicyclic amines) is 1. The molecule has 0 bridgehead atoms. The van der Waals surface area contributed by atoms with E-state index in [0.717, 1.165) is 73.7 Å². The fraction of sp³-hybridized carbons (Fsp3) is 0.500. The van der Waals surface area contributed by atoms with Crippen molar-refractivity contribution in [2.75, 3.05) is 25.0 Å². The van der Waals surface area contributed by atoms with Crippen LogP contribution in [-0.4, -0.2) is 50.4 Å². The van der Waals surface area contributed by atoms with Crippen LogP contribution in [-0.2, 0) is 11.3 Å². The van der Waals surface area contributed by atoms with E-state index in [1.807, 2.05) is 12.3 Å². The minimum absolute atomic E-state index is 0.167. The highest BCUT2D eigenvalue weighted by Gasteiger charge is 2.31. The Labute approximate surface area is 224 Å². The number of ether oxygens (including phenoxy) is 1. The highest BCUT2D eigenvalue weighted by molar-refractivity contribution is 6.08. The van der Waals surface area contributed by atoms with E-state index < -0.39 is 6.09 Å². The summed E-state index contributed by atoms with van der Waals surface area (Å²) in [7, 11) is 0. The summed E-state index contributed by atoms with van der Waals surface area (Å²) in [5.74, 6) is 1.33. The number of aromatic amines is 1. The number of hydrogen-bond acceptors (Lipinski definition) is 5. The van der Waals surface area contributed by atoms with Gasteiger partial charge in [0, 0.05) is 30.9 Å². The maximum atomic E-state index is 12.9. The third kappa shape index (κ3) is 5.70. The molecule has 1 unspecified atom stereocenters. The van der Waals surface area contributed by atoms with Crippen LogP contribution >= 0.6 is 0 Å². The van der Waals surface area contributed by atoms with Crippen LogP contribution in [0.1, 0.15) is 64.5 Å². The average Bonchev–Trinajstić information content (AvgIpc) is 3.55. The van der Waals surface area contributed by atoms with E-state index in [2.05, 4.69) is 76.0 Å². The van der Waals surface area contributed by atoms with Crippen molar-refractivity contribution in [3.63, 3.8) is 0 Å². The topological polar surface area (TPSA) is 88.1 Å². The molecule has 38 heavy (non-hydrogen) atoms.